The van der Waals surface area contributed by atoms with Crippen molar-refractivity contribution in [3.63, 3.8) is 0 Å². The van der Waals surface area contributed by atoms with Gasteiger partial charge in [0.2, 0.25) is 5.91 Å². The third-order valence-corrected chi connectivity index (χ3v) is 6.93. The summed E-state index contributed by atoms with van der Waals surface area (Å²) in [6.07, 6.45) is 3.18. The molecule has 0 aromatic heterocycles. The summed E-state index contributed by atoms with van der Waals surface area (Å²) in [5.74, 6) is 0.0869. The van der Waals surface area contributed by atoms with Gasteiger partial charge in [0.25, 0.3) is 0 Å². The highest BCUT2D eigenvalue weighted by Crippen LogP contribution is 2.61. The van der Waals surface area contributed by atoms with Gasteiger partial charge in [-0.1, -0.05) is 6.07 Å². The first-order valence-electron chi connectivity index (χ1n) is 11.2. The Balaban J connectivity index is 1.84. The summed E-state index contributed by atoms with van der Waals surface area (Å²) in [4.78, 5) is 36.6. The molecular weight excluding hydrogens is 422 g/mol. The number of nitrogens with zero attached hydrogens (tertiary/aromatic N) is 1. The molecule has 0 heterocycles. The van der Waals surface area contributed by atoms with Crippen molar-refractivity contribution in [1.29, 1.82) is 0 Å². The Labute approximate surface area is 193 Å². The van der Waals surface area contributed by atoms with Crippen LogP contribution in [0.1, 0.15) is 74.6 Å². The van der Waals surface area contributed by atoms with E-state index in [0.29, 0.717) is 18.0 Å². The van der Waals surface area contributed by atoms with Crippen molar-refractivity contribution in [3.8, 4) is 17.2 Å². The molecule has 0 radical (unpaired) electrons. The lowest BCUT2D eigenvalue weighted by molar-refractivity contribution is -0.132. The summed E-state index contributed by atoms with van der Waals surface area (Å²) in [7, 11) is 1.78. The average molecular weight is 452 g/mol. The lowest BCUT2D eigenvalue weighted by atomic mass is 9.53. The van der Waals surface area contributed by atoms with Crippen molar-refractivity contribution in [2.24, 2.45) is 0 Å². The van der Waals surface area contributed by atoms with E-state index in [0.717, 1.165) is 47.9 Å². The van der Waals surface area contributed by atoms with Gasteiger partial charge in [-0.15, -0.1) is 0 Å². The van der Waals surface area contributed by atoms with Gasteiger partial charge in [0.15, 0.2) is 0 Å². The van der Waals surface area contributed by atoms with E-state index in [-0.39, 0.29) is 23.5 Å². The second-order valence-electron chi connectivity index (χ2n) is 9.06. The molecule has 2 aromatic carbocycles. The molecule has 0 saturated heterocycles. The minimum absolute atomic E-state index is 0.00702. The van der Waals surface area contributed by atoms with Crippen LogP contribution in [0.15, 0.2) is 30.3 Å². The number of phenols is 1. The van der Waals surface area contributed by atoms with E-state index in [9.17, 15) is 19.5 Å². The highest BCUT2D eigenvalue weighted by atomic mass is 16.5. The van der Waals surface area contributed by atoms with Gasteiger partial charge in [0, 0.05) is 57.3 Å². The number of hydrogen-bond acceptors (Lipinski definition) is 6. The van der Waals surface area contributed by atoms with Crippen LogP contribution in [-0.4, -0.2) is 41.4 Å². The number of fused-ring (bicyclic) bond motifs is 1. The van der Waals surface area contributed by atoms with Crippen molar-refractivity contribution in [1.82, 2.24) is 4.90 Å². The Morgan fingerprint density at radius 3 is 2.36 bits per heavy atom. The molecule has 2 bridgehead atoms. The average Bonchev–Trinajstić information content (AvgIpc) is 2.73. The lowest BCUT2D eigenvalue weighted by Gasteiger charge is -2.50. The maximum atomic E-state index is 11.7. The van der Waals surface area contributed by atoms with Gasteiger partial charge in [-0.05, 0) is 60.6 Å². The third kappa shape index (κ3) is 4.08. The minimum atomic E-state index is -0.457. The summed E-state index contributed by atoms with van der Waals surface area (Å²) < 4.78 is 10.7. The summed E-state index contributed by atoms with van der Waals surface area (Å²) >= 11 is 0. The zero-order valence-corrected chi connectivity index (χ0v) is 19.4. The maximum Gasteiger partial charge on any atom is 0.308 e. The first kappa shape index (κ1) is 22.8. The number of amides is 1. The van der Waals surface area contributed by atoms with Crippen LogP contribution >= 0.6 is 0 Å². The fourth-order valence-electron chi connectivity index (χ4n) is 5.51. The van der Waals surface area contributed by atoms with Crippen molar-refractivity contribution < 1.29 is 29.0 Å². The molecular formula is C26H29NO6. The largest absolute Gasteiger partial charge is 0.507 e. The first-order valence-corrected chi connectivity index (χ1v) is 11.2. The van der Waals surface area contributed by atoms with E-state index in [1.54, 1.807) is 24.9 Å². The van der Waals surface area contributed by atoms with E-state index < -0.39 is 11.4 Å². The van der Waals surface area contributed by atoms with Crippen LogP contribution in [0, 0.1) is 0 Å². The second kappa shape index (κ2) is 8.54. The number of benzene rings is 2. The molecule has 2 unspecified atom stereocenters. The quantitative estimate of drug-likeness (QED) is 0.527. The molecule has 2 aromatic rings. The fourth-order valence-corrected chi connectivity index (χ4v) is 5.51. The number of hydrogen-bond donors (Lipinski definition) is 1. The lowest BCUT2D eigenvalue weighted by Crippen LogP contribution is -2.41. The SMILES string of the molecule is CC(=O)Oc1ccc2c(c1)C1(CCCN(C)C(C)=O)CCC2c2c(O)cc(OC(C)=O)cc21. The van der Waals surface area contributed by atoms with Crippen LogP contribution < -0.4 is 9.47 Å². The molecule has 3 aliphatic rings. The second-order valence-corrected chi connectivity index (χ2v) is 9.06. The molecule has 33 heavy (non-hydrogen) atoms. The molecule has 2 atom stereocenters. The molecule has 174 valence electrons. The Kier molecular flexibility index (Phi) is 5.91. The Hall–Kier alpha value is -3.35. The van der Waals surface area contributed by atoms with Crippen molar-refractivity contribution in [2.75, 3.05) is 13.6 Å². The topological polar surface area (TPSA) is 93.1 Å². The van der Waals surface area contributed by atoms with Crippen LogP contribution in [0.3, 0.4) is 0 Å². The number of rotatable bonds is 6. The van der Waals surface area contributed by atoms with Gasteiger partial charge in [-0.2, -0.15) is 0 Å². The van der Waals surface area contributed by atoms with E-state index >= 15 is 0 Å². The predicted molar refractivity (Wildman–Crippen MR) is 122 cm³/mol. The predicted octanol–water partition coefficient (Wildman–Crippen LogP) is 4.03. The number of carbonyl (C=O) groups excluding carboxylic acids is 3. The molecule has 1 N–H and O–H groups in total. The molecule has 7 nitrogen and oxygen atoms in total. The van der Waals surface area contributed by atoms with E-state index in [1.165, 1.54) is 19.9 Å². The van der Waals surface area contributed by atoms with Gasteiger partial charge >= 0.3 is 11.9 Å². The number of aromatic hydroxyl groups is 1. The molecule has 0 fully saturated rings. The molecule has 0 aliphatic heterocycles. The smallest absolute Gasteiger partial charge is 0.308 e. The normalized spacial score (nSPS) is 19.9. The number of esters is 2. The van der Waals surface area contributed by atoms with Crippen molar-refractivity contribution >= 4 is 17.8 Å². The summed E-state index contributed by atoms with van der Waals surface area (Å²) in [6, 6.07) is 9.07. The monoisotopic (exact) mass is 451 g/mol. The van der Waals surface area contributed by atoms with Gasteiger partial charge in [0.05, 0.1) is 0 Å². The Morgan fingerprint density at radius 1 is 1.03 bits per heavy atom. The van der Waals surface area contributed by atoms with Crippen LogP contribution in [0.4, 0.5) is 0 Å². The van der Waals surface area contributed by atoms with E-state index in [2.05, 4.69) is 0 Å². The maximum absolute atomic E-state index is 11.7. The summed E-state index contributed by atoms with van der Waals surface area (Å²) in [5.41, 5.74) is 3.52. The highest BCUT2D eigenvalue weighted by molar-refractivity contribution is 5.73. The molecule has 5 rings (SSSR count). The zero-order valence-electron chi connectivity index (χ0n) is 19.4. The number of ether oxygens (including phenoxy) is 2. The van der Waals surface area contributed by atoms with Gasteiger partial charge in [0.1, 0.15) is 17.2 Å². The highest BCUT2D eigenvalue weighted by Gasteiger charge is 2.49. The number of phenolic OH excluding ortho intramolecular Hbond substituents is 1. The first-order chi connectivity index (χ1) is 15.6. The zero-order chi connectivity index (χ0) is 23.9. The van der Waals surface area contributed by atoms with Crippen LogP contribution in [-0.2, 0) is 19.8 Å². The van der Waals surface area contributed by atoms with E-state index in [1.807, 2.05) is 18.2 Å². The molecule has 0 saturated carbocycles. The van der Waals surface area contributed by atoms with Gasteiger partial charge in [-0.25, -0.2) is 0 Å². The molecule has 0 spiro atoms. The Morgan fingerprint density at radius 2 is 1.70 bits per heavy atom. The van der Waals surface area contributed by atoms with Crippen molar-refractivity contribution in [3.05, 3.63) is 52.6 Å². The van der Waals surface area contributed by atoms with E-state index in [4.69, 9.17) is 9.47 Å². The molecule has 1 amide bonds. The fraction of sp³-hybridized carbons (Fsp3) is 0.423. The number of carbonyl (C=O) groups is 3. The molecule has 3 aliphatic carbocycles. The summed E-state index contributed by atoms with van der Waals surface area (Å²) in [6.45, 7) is 4.85. The van der Waals surface area contributed by atoms with Gasteiger partial charge in [-0.3, -0.25) is 14.4 Å². The minimum Gasteiger partial charge on any atom is -0.507 e. The van der Waals surface area contributed by atoms with Crippen molar-refractivity contribution in [2.45, 2.75) is 57.8 Å². The third-order valence-electron chi connectivity index (χ3n) is 6.93. The van der Waals surface area contributed by atoms with Gasteiger partial charge < -0.3 is 19.5 Å². The summed E-state index contributed by atoms with van der Waals surface area (Å²) in [5, 5.41) is 11.0. The van der Waals surface area contributed by atoms with Crippen LogP contribution in [0.2, 0.25) is 0 Å². The Bertz CT molecular complexity index is 1140. The van der Waals surface area contributed by atoms with Crippen LogP contribution in [0.5, 0.6) is 17.2 Å². The standard InChI is InChI=1S/C26H29NO6/c1-15(28)27(4)11-5-9-26-10-8-21(20-7-6-18(12-22(20)26)32-16(2)29)25-23(26)13-19(14-24(25)31)33-17(3)30/h6-7,12-14,21,31H,5,8-11H2,1-4H3. The molecule has 7 heteroatoms. The van der Waals surface area contributed by atoms with Crippen LogP contribution in [0.25, 0.3) is 0 Å².